The van der Waals surface area contributed by atoms with E-state index in [0.29, 0.717) is 12.5 Å². The van der Waals surface area contributed by atoms with Crippen molar-refractivity contribution in [2.45, 2.75) is 44.0 Å². The van der Waals surface area contributed by atoms with Crippen molar-refractivity contribution in [2.75, 3.05) is 19.3 Å². The first kappa shape index (κ1) is 22.8. The molecule has 0 aliphatic rings. The lowest BCUT2D eigenvalue weighted by molar-refractivity contribution is 0.368. The third-order valence-corrected chi connectivity index (χ3v) is 5.05. The average Bonchev–Trinajstić information content (AvgIpc) is 3.12. The zero-order valence-corrected chi connectivity index (χ0v) is 18.8. The first-order valence-corrected chi connectivity index (χ1v) is 9.83. The number of hydrogen-bond donors (Lipinski definition) is 2. The van der Waals surface area contributed by atoms with Gasteiger partial charge in [-0.2, -0.15) is 0 Å². The second kappa shape index (κ2) is 13.0. The van der Waals surface area contributed by atoms with E-state index in [9.17, 15) is 0 Å². The molecular formula is C19H29IN4OS. The Morgan fingerprint density at radius 2 is 1.92 bits per heavy atom. The fraction of sp³-hybridized carbons (Fsp3) is 0.474. The lowest BCUT2D eigenvalue weighted by atomic mass is 9.99. The van der Waals surface area contributed by atoms with Crippen LogP contribution in [0.4, 0.5) is 0 Å². The molecule has 1 aromatic carbocycles. The molecule has 2 rings (SSSR count). The van der Waals surface area contributed by atoms with Crippen molar-refractivity contribution in [3.05, 3.63) is 47.9 Å². The predicted octanol–water partition coefficient (Wildman–Crippen LogP) is 4.65. The number of aliphatic imine (C=N–C) groups is 1. The van der Waals surface area contributed by atoms with Gasteiger partial charge in [-0.1, -0.05) is 37.2 Å². The van der Waals surface area contributed by atoms with Gasteiger partial charge in [-0.3, -0.25) is 4.99 Å². The van der Waals surface area contributed by atoms with Crippen molar-refractivity contribution in [2.24, 2.45) is 4.99 Å². The van der Waals surface area contributed by atoms with Crippen LogP contribution in [0.1, 0.15) is 44.1 Å². The number of rotatable bonds is 9. The third kappa shape index (κ3) is 7.57. The third-order valence-electron chi connectivity index (χ3n) is 4.04. The highest BCUT2D eigenvalue weighted by Crippen LogP contribution is 2.22. The Labute approximate surface area is 177 Å². The molecular weight excluding hydrogens is 459 g/mol. The summed E-state index contributed by atoms with van der Waals surface area (Å²) >= 11 is 1.83. The molecule has 2 aromatic rings. The van der Waals surface area contributed by atoms with Gasteiger partial charge in [-0.05, 0) is 25.0 Å². The number of nitrogens with zero attached hydrogens (tertiary/aromatic N) is 2. The molecule has 7 heteroatoms. The number of aromatic nitrogens is 1. The number of guanidine groups is 1. The fourth-order valence-electron chi connectivity index (χ4n) is 2.56. The van der Waals surface area contributed by atoms with E-state index in [1.54, 1.807) is 7.05 Å². The number of benzene rings is 1. The van der Waals surface area contributed by atoms with E-state index in [1.165, 1.54) is 4.90 Å². The summed E-state index contributed by atoms with van der Waals surface area (Å²) in [5.74, 6) is 3.06. The Morgan fingerprint density at radius 3 is 2.58 bits per heavy atom. The molecule has 0 bridgehead atoms. The van der Waals surface area contributed by atoms with E-state index in [1.807, 2.05) is 23.9 Å². The molecule has 0 aliphatic carbocycles. The molecule has 0 amide bonds. The lowest BCUT2D eigenvalue weighted by Gasteiger charge is -2.10. The van der Waals surface area contributed by atoms with Crippen LogP contribution < -0.4 is 10.6 Å². The van der Waals surface area contributed by atoms with Crippen LogP contribution in [0.15, 0.2) is 50.8 Å². The first-order chi connectivity index (χ1) is 12.3. The van der Waals surface area contributed by atoms with Gasteiger partial charge >= 0.3 is 0 Å². The van der Waals surface area contributed by atoms with Crippen molar-refractivity contribution in [1.29, 1.82) is 0 Å². The predicted molar refractivity (Wildman–Crippen MR) is 121 cm³/mol. The van der Waals surface area contributed by atoms with E-state index in [-0.39, 0.29) is 24.0 Å². The number of halogens is 1. The smallest absolute Gasteiger partial charge is 0.191 e. The monoisotopic (exact) mass is 488 g/mol. The standard InChI is InChI=1S/C19H28N4OS.HI/c1-4-15(5-2)18-13-16(24-23-18)14-22-19(20-3)21-11-12-25-17-9-7-6-8-10-17;/h6-10,13,15H,4-5,11-12,14H2,1-3H3,(H2,20,21,22);1H. The molecule has 0 aliphatic heterocycles. The summed E-state index contributed by atoms with van der Waals surface area (Å²) in [5.41, 5.74) is 1.05. The van der Waals surface area contributed by atoms with Crippen molar-refractivity contribution >= 4 is 41.7 Å². The van der Waals surface area contributed by atoms with Crippen LogP contribution in [0.3, 0.4) is 0 Å². The highest BCUT2D eigenvalue weighted by atomic mass is 127. The summed E-state index contributed by atoms with van der Waals surface area (Å²) in [7, 11) is 1.77. The highest BCUT2D eigenvalue weighted by molar-refractivity contribution is 14.0. The van der Waals surface area contributed by atoms with E-state index in [4.69, 9.17) is 4.52 Å². The zero-order chi connectivity index (χ0) is 17.9. The normalized spacial score (nSPS) is 11.3. The van der Waals surface area contributed by atoms with Crippen molar-refractivity contribution in [3.8, 4) is 0 Å². The maximum atomic E-state index is 5.43. The number of hydrogen-bond acceptors (Lipinski definition) is 4. The maximum absolute atomic E-state index is 5.43. The van der Waals surface area contributed by atoms with Gasteiger partial charge in [0.25, 0.3) is 0 Å². The lowest BCUT2D eigenvalue weighted by Crippen LogP contribution is -2.37. The minimum Gasteiger partial charge on any atom is -0.359 e. The summed E-state index contributed by atoms with van der Waals surface area (Å²) < 4.78 is 5.43. The van der Waals surface area contributed by atoms with Crippen LogP contribution in [0.5, 0.6) is 0 Å². The summed E-state index contributed by atoms with van der Waals surface area (Å²) in [6, 6.07) is 12.4. The molecule has 2 N–H and O–H groups in total. The molecule has 0 saturated heterocycles. The molecule has 0 saturated carbocycles. The fourth-order valence-corrected chi connectivity index (χ4v) is 3.35. The molecule has 0 unspecified atom stereocenters. The molecule has 5 nitrogen and oxygen atoms in total. The SMILES string of the molecule is CCC(CC)c1cc(CNC(=NC)NCCSc2ccccc2)on1.I. The minimum atomic E-state index is 0. The van der Waals surface area contributed by atoms with Crippen molar-refractivity contribution in [3.63, 3.8) is 0 Å². The second-order valence-electron chi connectivity index (χ2n) is 5.75. The van der Waals surface area contributed by atoms with Gasteiger partial charge in [0.1, 0.15) is 0 Å². The van der Waals surface area contributed by atoms with Crippen LogP contribution >= 0.6 is 35.7 Å². The Hall–Kier alpha value is -1.22. The van der Waals surface area contributed by atoms with E-state index in [2.05, 4.69) is 58.9 Å². The van der Waals surface area contributed by atoms with Crippen molar-refractivity contribution < 1.29 is 4.52 Å². The van der Waals surface area contributed by atoms with Crippen LogP contribution in [0.25, 0.3) is 0 Å². The minimum absolute atomic E-state index is 0. The molecule has 1 aromatic heterocycles. The average molecular weight is 488 g/mol. The molecule has 0 fully saturated rings. The Balaban J connectivity index is 0.00000338. The van der Waals surface area contributed by atoms with Crippen molar-refractivity contribution in [1.82, 2.24) is 15.8 Å². The van der Waals surface area contributed by atoms with Gasteiger partial charge in [0.05, 0.1) is 12.2 Å². The Kier molecular flexibility index (Phi) is 11.4. The molecule has 144 valence electrons. The van der Waals surface area contributed by atoms with Crippen LogP contribution in [-0.4, -0.2) is 30.5 Å². The number of nitrogens with one attached hydrogen (secondary N) is 2. The summed E-state index contributed by atoms with van der Waals surface area (Å²) in [5, 5.41) is 10.8. The van der Waals surface area contributed by atoms with Gasteiger partial charge in [0.15, 0.2) is 11.7 Å². The van der Waals surface area contributed by atoms with E-state index < -0.39 is 0 Å². The van der Waals surface area contributed by atoms with Crippen LogP contribution in [0.2, 0.25) is 0 Å². The van der Waals surface area contributed by atoms with Gasteiger partial charge < -0.3 is 15.2 Å². The molecule has 1 heterocycles. The molecule has 0 spiro atoms. The number of thioether (sulfide) groups is 1. The summed E-state index contributed by atoms with van der Waals surface area (Å²) in [6.07, 6.45) is 2.16. The van der Waals surface area contributed by atoms with E-state index in [0.717, 1.165) is 42.6 Å². The quantitative estimate of drug-likeness (QED) is 0.177. The van der Waals surface area contributed by atoms with Gasteiger partial charge in [-0.25, -0.2) is 0 Å². The molecule has 0 atom stereocenters. The Morgan fingerprint density at radius 1 is 1.19 bits per heavy atom. The van der Waals surface area contributed by atoms with E-state index >= 15 is 0 Å². The summed E-state index contributed by atoms with van der Waals surface area (Å²) in [6.45, 7) is 5.78. The van der Waals surface area contributed by atoms with Crippen LogP contribution in [0, 0.1) is 0 Å². The van der Waals surface area contributed by atoms with Gasteiger partial charge in [-0.15, -0.1) is 35.7 Å². The molecule has 0 radical (unpaired) electrons. The van der Waals surface area contributed by atoms with Gasteiger partial charge in [0, 0.05) is 36.2 Å². The molecule has 26 heavy (non-hydrogen) atoms. The largest absolute Gasteiger partial charge is 0.359 e. The second-order valence-corrected chi connectivity index (χ2v) is 6.91. The summed E-state index contributed by atoms with van der Waals surface area (Å²) in [4.78, 5) is 5.53. The Bertz CT molecular complexity index is 644. The maximum Gasteiger partial charge on any atom is 0.191 e. The van der Waals surface area contributed by atoms with Gasteiger partial charge in [0.2, 0.25) is 0 Å². The highest BCUT2D eigenvalue weighted by Gasteiger charge is 2.13. The topological polar surface area (TPSA) is 62.5 Å². The van der Waals surface area contributed by atoms with Crippen LogP contribution in [-0.2, 0) is 6.54 Å². The zero-order valence-electron chi connectivity index (χ0n) is 15.7. The first-order valence-electron chi connectivity index (χ1n) is 8.84.